The monoisotopic (exact) mass is 294 g/mol. The SMILES string of the molecule is CCCNCc1ccc(CN(CCC(C)C)C2CC2)s1. The predicted molar refractivity (Wildman–Crippen MR) is 89.2 cm³/mol. The highest BCUT2D eigenvalue weighted by molar-refractivity contribution is 7.11. The standard InChI is InChI=1S/C17H30N2S/c1-4-10-18-12-16-7-8-17(20-16)13-19(15-5-6-15)11-9-14(2)3/h7-8,14-15,18H,4-6,9-13H2,1-3H3. The zero-order chi connectivity index (χ0) is 14.4. The number of rotatable bonds is 10. The van der Waals surface area contributed by atoms with Gasteiger partial charge < -0.3 is 5.32 Å². The van der Waals surface area contributed by atoms with Crippen LogP contribution in [0, 0.1) is 5.92 Å². The van der Waals surface area contributed by atoms with E-state index in [2.05, 4.69) is 43.1 Å². The summed E-state index contributed by atoms with van der Waals surface area (Å²) in [5, 5.41) is 3.49. The van der Waals surface area contributed by atoms with Crippen LogP contribution in [-0.2, 0) is 13.1 Å². The molecule has 1 saturated carbocycles. The number of nitrogens with zero attached hydrogens (tertiary/aromatic N) is 1. The van der Waals surface area contributed by atoms with Gasteiger partial charge in [0.05, 0.1) is 0 Å². The van der Waals surface area contributed by atoms with Crippen LogP contribution in [0.2, 0.25) is 0 Å². The van der Waals surface area contributed by atoms with Crippen molar-refractivity contribution in [1.29, 1.82) is 0 Å². The van der Waals surface area contributed by atoms with Crippen molar-refractivity contribution < 1.29 is 0 Å². The minimum atomic E-state index is 0.813. The second-order valence-electron chi connectivity index (χ2n) is 6.43. The molecule has 0 atom stereocenters. The van der Waals surface area contributed by atoms with Crippen LogP contribution >= 0.6 is 11.3 Å². The van der Waals surface area contributed by atoms with Gasteiger partial charge in [-0.05, 0) is 56.8 Å². The third-order valence-electron chi connectivity index (χ3n) is 3.86. The number of hydrogen-bond donors (Lipinski definition) is 1. The Bertz CT molecular complexity index is 382. The average molecular weight is 295 g/mol. The number of thiophene rings is 1. The lowest BCUT2D eigenvalue weighted by molar-refractivity contribution is 0.241. The van der Waals surface area contributed by atoms with Gasteiger partial charge in [-0.1, -0.05) is 20.8 Å². The zero-order valence-corrected chi connectivity index (χ0v) is 14.1. The minimum absolute atomic E-state index is 0.813. The van der Waals surface area contributed by atoms with Crippen LogP contribution in [0.4, 0.5) is 0 Å². The summed E-state index contributed by atoms with van der Waals surface area (Å²) < 4.78 is 0. The van der Waals surface area contributed by atoms with Gasteiger partial charge in [0.1, 0.15) is 0 Å². The van der Waals surface area contributed by atoms with Crippen molar-refractivity contribution in [3.05, 3.63) is 21.9 Å². The van der Waals surface area contributed by atoms with E-state index < -0.39 is 0 Å². The highest BCUT2D eigenvalue weighted by Gasteiger charge is 2.28. The van der Waals surface area contributed by atoms with Gasteiger partial charge in [-0.15, -0.1) is 11.3 Å². The summed E-state index contributed by atoms with van der Waals surface area (Å²) in [4.78, 5) is 5.72. The molecule has 2 rings (SSSR count). The number of hydrogen-bond acceptors (Lipinski definition) is 3. The van der Waals surface area contributed by atoms with E-state index in [-0.39, 0.29) is 0 Å². The molecule has 1 aromatic rings. The summed E-state index contributed by atoms with van der Waals surface area (Å²) in [7, 11) is 0. The van der Waals surface area contributed by atoms with E-state index >= 15 is 0 Å². The second kappa shape index (κ2) is 8.16. The highest BCUT2D eigenvalue weighted by Crippen LogP contribution is 2.30. The zero-order valence-electron chi connectivity index (χ0n) is 13.3. The molecular weight excluding hydrogens is 264 g/mol. The Morgan fingerprint density at radius 1 is 1.30 bits per heavy atom. The summed E-state index contributed by atoms with van der Waals surface area (Å²) >= 11 is 1.99. The first-order valence-electron chi connectivity index (χ1n) is 8.21. The fraction of sp³-hybridized carbons (Fsp3) is 0.765. The van der Waals surface area contributed by atoms with Crippen LogP contribution < -0.4 is 5.32 Å². The van der Waals surface area contributed by atoms with E-state index in [1.54, 1.807) is 0 Å². The van der Waals surface area contributed by atoms with E-state index in [1.165, 1.54) is 42.0 Å². The maximum atomic E-state index is 3.49. The molecule has 0 unspecified atom stereocenters. The molecule has 0 bridgehead atoms. The van der Waals surface area contributed by atoms with Crippen molar-refractivity contribution in [3.8, 4) is 0 Å². The molecule has 1 N–H and O–H groups in total. The Morgan fingerprint density at radius 2 is 2.05 bits per heavy atom. The van der Waals surface area contributed by atoms with Gasteiger partial charge in [-0.3, -0.25) is 4.90 Å². The molecule has 2 nitrogen and oxygen atoms in total. The van der Waals surface area contributed by atoms with Crippen LogP contribution in [0.1, 0.15) is 56.2 Å². The Balaban J connectivity index is 1.80. The lowest BCUT2D eigenvalue weighted by Crippen LogP contribution is -2.27. The molecule has 1 fully saturated rings. The van der Waals surface area contributed by atoms with E-state index in [4.69, 9.17) is 0 Å². The topological polar surface area (TPSA) is 15.3 Å². The van der Waals surface area contributed by atoms with Gasteiger partial charge in [0.25, 0.3) is 0 Å². The number of nitrogens with one attached hydrogen (secondary N) is 1. The van der Waals surface area contributed by atoms with Gasteiger partial charge in [0.15, 0.2) is 0 Å². The highest BCUT2D eigenvalue weighted by atomic mass is 32.1. The van der Waals surface area contributed by atoms with E-state index in [0.717, 1.165) is 31.6 Å². The molecule has 1 aliphatic carbocycles. The Kier molecular flexibility index (Phi) is 6.53. The fourth-order valence-electron chi connectivity index (χ4n) is 2.45. The normalized spacial score (nSPS) is 15.4. The molecule has 0 spiro atoms. The molecule has 1 aromatic heterocycles. The summed E-state index contributed by atoms with van der Waals surface area (Å²) in [6.45, 7) is 11.5. The van der Waals surface area contributed by atoms with Crippen LogP contribution in [-0.4, -0.2) is 24.0 Å². The van der Waals surface area contributed by atoms with Crippen LogP contribution in [0.3, 0.4) is 0 Å². The molecule has 20 heavy (non-hydrogen) atoms. The van der Waals surface area contributed by atoms with E-state index in [9.17, 15) is 0 Å². The third kappa shape index (κ3) is 5.55. The van der Waals surface area contributed by atoms with Gasteiger partial charge >= 0.3 is 0 Å². The van der Waals surface area contributed by atoms with Crippen molar-refractivity contribution in [2.24, 2.45) is 5.92 Å². The van der Waals surface area contributed by atoms with Gasteiger partial charge in [0, 0.05) is 28.9 Å². The van der Waals surface area contributed by atoms with Crippen molar-refractivity contribution in [3.63, 3.8) is 0 Å². The van der Waals surface area contributed by atoms with E-state index in [0.29, 0.717) is 0 Å². The van der Waals surface area contributed by atoms with Crippen LogP contribution in [0.25, 0.3) is 0 Å². The summed E-state index contributed by atoms with van der Waals surface area (Å²) in [6.07, 6.45) is 5.36. The molecule has 0 saturated heterocycles. The first kappa shape index (κ1) is 16.0. The molecule has 3 heteroatoms. The summed E-state index contributed by atoms with van der Waals surface area (Å²) in [5.41, 5.74) is 0. The molecular formula is C17H30N2S. The van der Waals surface area contributed by atoms with E-state index in [1.807, 2.05) is 11.3 Å². The van der Waals surface area contributed by atoms with Gasteiger partial charge in [0.2, 0.25) is 0 Å². The lowest BCUT2D eigenvalue weighted by Gasteiger charge is -2.22. The Labute approximate surface area is 128 Å². The average Bonchev–Trinajstić information content (AvgIpc) is 3.16. The molecule has 1 aliphatic rings. The minimum Gasteiger partial charge on any atom is -0.312 e. The van der Waals surface area contributed by atoms with Gasteiger partial charge in [-0.2, -0.15) is 0 Å². The van der Waals surface area contributed by atoms with Gasteiger partial charge in [-0.25, -0.2) is 0 Å². The molecule has 114 valence electrons. The summed E-state index contributed by atoms with van der Waals surface area (Å²) in [6, 6.07) is 5.51. The first-order chi connectivity index (χ1) is 9.69. The first-order valence-corrected chi connectivity index (χ1v) is 9.03. The van der Waals surface area contributed by atoms with Crippen molar-refractivity contribution in [2.45, 2.75) is 65.6 Å². The maximum Gasteiger partial charge on any atom is 0.0330 e. The quantitative estimate of drug-likeness (QED) is 0.649. The summed E-state index contributed by atoms with van der Waals surface area (Å²) in [5.74, 6) is 0.813. The van der Waals surface area contributed by atoms with Crippen molar-refractivity contribution in [2.75, 3.05) is 13.1 Å². The Morgan fingerprint density at radius 3 is 2.70 bits per heavy atom. The smallest absolute Gasteiger partial charge is 0.0330 e. The largest absolute Gasteiger partial charge is 0.312 e. The fourth-order valence-corrected chi connectivity index (χ4v) is 3.46. The lowest BCUT2D eigenvalue weighted by atomic mass is 10.1. The Hall–Kier alpha value is -0.380. The van der Waals surface area contributed by atoms with Crippen LogP contribution in [0.15, 0.2) is 12.1 Å². The molecule has 0 aromatic carbocycles. The third-order valence-corrected chi connectivity index (χ3v) is 4.93. The molecule has 0 radical (unpaired) electrons. The molecule has 0 amide bonds. The van der Waals surface area contributed by atoms with Crippen LogP contribution in [0.5, 0.6) is 0 Å². The van der Waals surface area contributed by atoms with Crippen molar-refractivity contribution >= 4 is 11.3 Å². The predicted octanol–water partition coefficient (Wildman–Crippen LogP) is 4.26. The second-order valence-corrected chi connectivity index (χ2v) is 7.68. The molecule has 0 aliphatic heterocycles. The maximum absolute atomic E-state index is 3.49. The van der Waals surface area contributed by atoms with Crippen molar-refractivity contribution in [1.82, 2.24) is 10.2 Å². The molecule has 1 heterocycles.